The van der Waals surface area contributed by atoms with Gasteiger partial charge in [-0.05, 0) is 12.1 Å². The second-order valence-electron chi connectivity index (χ2n) is 3.13. The molecule has 2 heterocycles. The number of halogens is 1. The van der Waals surface area contributed by atoms with Gasteiger partial charge in [0.15, 0.2) is 0 Å². The van der Waals surface area contributed by atoms with Crippen molar-refractivity contribution in [2.45, 2.75) is 6.04 Å². The summed E-state index contributed by atoms with van der Waals surface area (Å²) in [6.45, 7) is 0. The van der Waals surface area contributed by atoms with Crippen molar-refractivity contribution >= 4 is 28.6 Å². The van der Waals surface area contributed by atoms with Crippen molar-refractivity contribution in [3.8, 4) is 0 Å². The Labute approximate surface area is 89.9 Å². The van der Waals surface area contributed by atoms with Crippen molar-refractivity contribution in [1.29, 1.82) is 0 Å². The van der Waals surface area contributed by atoms with E-state index in [0.29, 0.717) is 21.7 Å². The standard InChI is InChI=1S/C9H8ClN3O2/c10-4-1-6-5(12-3-4)2-7(13-6)8(11)9(14)15/h1-3,8,13H,11H2,(H,14,15). The molecular weight excluding hydrogens is 218 g/mol. The number of carboxylic acid groups (broad SMARTS) is 1. The molecule has 1 unspecified atom stereocenters. The fourth-order valence-electron chi connectivity index (χ4n) is 1.30. The minimum atomic E-state index is -1.09. The van der Waals surface area contributed by atoms with Crippen molar-refractivity contribution < 1.29 is 9.90 Å². The summed E-state index contributed by atoms with van der Waals surface area (Å²) in [6, 6.07) is 2.20. The largest absolute Gasteiger partial charge is 0.480 e. The number of nitrogens with two attached hydrogens (primary N) is 1. The predicted octanol–water partition coefficient (Wildman–Crippen LogP) is 1.30. The van der Waals surface area contributed by atoms with Gasteiger partial charge in [-0.1, -0.05) is 11.6 Å². The molecule has 0 aliphatic rings. The predicted molar refractivity (Wildman–Crippen MR) is 55.7 cm³/mol. The summed E-state index contributed by atoms with van der Waals surface area (Å²) in [5, 5.41) is 9.21. The highest BCUT2D eigenvalue weighted by Crippen LogP contribution is 2.20. The zero-order valence-corrected chi connectivity index (χ0v) is 8.32. The van der Waals surface area contributed by atoms with Gasteiger partial charge in [-0.25, -0.2) is 0 Å². The number of carbonyl (C=O) groups is 1. The molecule has 0 radical (unpaired) electrons. The maximum atomic E-state index is 10.7. The molecule has 4 N–H and O–H groups in total. The number of hydrogen-bond acceptors (Lipinski definition) is 3. The summed E-state index contributed by atoms with van der Waals surface area (Å²) in [7, 11) is 0. The van der Waals surface area contributed by atoms with Gasteiger partial charge in [0.05, 0.1) is 16.1 Å². The Balaban J connectivity index is 2.51. The molecule has 0 amide bonds. The number of fused-ring (bicyclic) bond motifs is 1. The lowest BCUT2D eigenvalue weighted by molar-refractivity contribution is -0.138. The van der Waals surface area contributed by atoms with Gasteiger partial charge in [-0.3, -0.25) is 9.78 Å². The molecule has 2 aromatic heterocycles. The Morgan fingerprint density at radius 2 is 2.33 bits per heavy atom. The minimum Gasteiger partial charge on any atom is -0.480 e. The molecular formula is C9H8ClN3O2. The number of aromatic amines is 1. The maximum Gasteiger partial charge on any atom is 0.326 e. The first kappa shape index (κ1) is 9.95. The summed E-state index contributed by atoms with van der Waals surface area (Å²) in [6.07, 6.45) is 1.49. The molecule has 0 aromatic carbocycles. The number of nitrogens with one attached hydrogen (secondary N) is 1. The lowest BCUT2D eigenvalue weighted by Crippen LogP contribution is -2.20. The highest BCUT2D eigenvalue weighted by atomic mass is 35.5. The van der Waals surface area contributed by atoms with E-state index in [1.165, 1.54) is 6.20 Å². The zero-order valence-electron chi connectivity index (χ0n) is 7.57. The van der Waals surface area contributed by atoms with E-state index in [4.69, 9.17) is 22.4 Å². The summed E-state index contributed by atoms with van der Waals surface area (Å²) in [4.78, 5) is 17.5. The lowest BCUT2D eigenvalue weighted by Gasteiger charge is -2.01. The summed E-state index contributed by atoms with van der Waals surface area (Å²) in [5.41, 5.74) is 7.18. The Morgan fingerprint density at radius 1 is 1.60 bits per heavy atom. The van der Waals surface area contributed by atoms with Crippen molar-refractivity contribution in [1.82, 2.24) is 9.97 Å². The molecule has 0 saturated heterocycles. The molecule has 15 heavy (non-hydrogen) atoms. The van der Waals surface area contributed by atoms with Crippen LogP contribution in [0.4, 0.5) is 0 Å². The van der Waals surface area contributed by atoms with E-state index in [-0.39, 0.29) is 0 Å². The van der Waals surface area contributed by atoms with E-state index in [0.717, 1.165) is 0 Å². The van der Waals surface area contributed by atoms with Crippen LogP contribution in [0.15, 0.2) is 18.3 Å². The Hall–Kier alpha value is -1.59. The number of hydrogen-bond donors (Lipinski definition) is 3. The third-order valence-electron chi connectivity index (χ3n) is 2.06. The molecule has 1 atom stereocenters. The van der Waals surface area contributed by atoms with Crippen LogP contribution < -0.4 is 5.73 Å². The molecule has 6 heteroatoms. The van der Waals surface area contributed by atoms with Crippen molar-refractivity contribution in [2.24, 2.45) is 5.73 Å². The van der Waals surface area contributed by atoms with Gasteiger partial charge >= 0.3 is 5.97 Å². The first-order chi connectivity index (χ1) is 7.08. The first-order valence-corrected chi connectivity index (χ1v) is 4.58. The fraction of sp³-hybridized carbons (Fsp3) is 0.111. The molecule has 0 bridgehead atoms. The Morgan fingerprint density at radius 3 is 3.00 bits per heavy atom. The third kappa shape index (κ3) is 1.79. The van der Waals surface area contributed by atoms with E-state index in [1.54, 1.807) is 12.1 Å². The highest BCUT2D eigenvalue weighted by molar-refractivity contribution is 6.31. The lowest BCUT2D eigenvalue weighted by atomic mass is 10.2. The van der Waals surface area contributed by atoms with E-state index in [1.807, 2.05) is 0 Å². The first-order valence-electron chi connectivity index (χ1n) is 4.20. The monoisotopic (exact) mass is 225 g/mol. The summed E-state index contributed by atoms with van der Waals surface area (Å²) in [5.74, 6) is -1.09. The number of nitrogens with zero attached hydrogens (tertiary/aromatic N) is 1. The molecule has 2 rings (SSSR count). The normalized spacial score (nSPS) is 12.9. The van der Waals surface area contributed by atoms with Gasteiger partial charge in [-0.15, -0.1) is 0 Å². The Bertz CT molecular complexity index is 523. The van der Waals surface area contributed by atoms with Crippen LogP contribution >= 0.6 is 11.6 Å². The third-order valence-corrected chi connectivity index (χ3v) is 2.26. The molecule has 0 aliphatic carbocycles. The van der Waals surface area contributed by atoms with Crippen LogP contribution in [0.2, 0.25) is 5.02 Å². The number of aliphatic carboxylic acids is 1. The van der Waals surface area contributed by atoms with Crippen LogP contribution in [-0.2, 0) is 4.79 Å². The van der Waals surface area contributed by atoms with Crippen molar-refractivity contribution in [2.75, 3.05) is 0 Å². The minimum absolute atomic E-state index is 0.410. The van der Waals surface area contributed by atoms with Crippen LogP contribution in [0, 0.1) is 0 Å². The van der Waals surface area contributed by atoms with Crippen LogP contribution in [0.1, 0.15) is 11.7 Å². The van der Waals surface area contributed by atoms with E-state index >= 15 is 0 Å². The van der Waals surface area contributed by atoms with Gasteiger partial charge in [0.2, 0.25) is 0 Å². The van der Waals surface area contributed by atoms with Crippen LogP contribution in [0.25, 0.3) is 11.0 Å². The van der Waals surface area contributed by atoms with Crippen molar-refractivity contribution in [3.63, 3.8) is 0 Å². The molecule has 2 aromatic rings. The van der Waals surface area contributed by atoms with Crippen LogP contribution in [0.5, 0.6) is 0 Å². The molecule has 5 nitrogen and oxygen atoms in total. The quantitative estimate of drug-likeness (QED) is 0.718. The second kappa shape index (κ2) is 3.52. The average Bonchev–Trinajstić information content (AvgIpc) is 2.58. The van der Waals surface area contributed by atoms with Gasteiger partial charge in [0.25, 0.3) is 0 Å². The van der Waals surface area contributed by atoms with Crippen LogP contribution in [0.3, 0.4) is 0 Å². The second-order valence-corrected chi connectivity index (χ2v) is 3.56. The number of pyridine rings is 1. The molecule has 0 saturated carbocycles. The summed E-state index contributed by atoms with van der Waals surface area (Å²) < 4.78 is 0. The van der Waals surface area contributed by atoms with E-state index < -0.39 is 12.0 Å². The topological polar surface area (TPSA) is 92.0 Å². The van der Waals surface area contributed by atoms with E-state index in [9.17, 15) is 4.79 Å². The Kier molecular flexibility index (Phi) is 2.34. The van der Waals surface area contributed by atoms with Gasteiger partial charge in [-0.2, -0.15) is 0 Å². The maximum absolute atomic E-state index is 10.7. The number of carboxylic acids is 1. The number of aromatic nitrogens is 2. The summed E-state index contributed by atoms with van der Waals surface area (Å²) >= 11 is 5.74. The van der Waals surface area contributed by atoms with E-state index in [2.05, 4.69) is 9.97 Å². The average molecular weight is 226 g/mol. The van der Waals surface area contributed by atoms with Crippen LogP contribution in [-0.4, -0.2) is 21.0 Å². The fourth-order valence-corrected chi connectivity index (χ4v) is 1.46. The molecule has 78 valence electrons. The van der Waals surface area contributed by atoms with Gasteiger partial charge in [0.1, 0.15) is 6.04 Å². The number of rotatable bonds is 2. The SMILES string of the molecule is NC(C(=O)O)c1cc2ncc(Cl)cc2[nH]1. The smallest absolute Gasteiger partial charge is 0.326 e. The molecule has 0 spiro atoms. The molecule has 0 aliphatic heterocycles. The van der Waals surface area contributed by atoms with Gasteiger partial charge in [0, 0.05) is 11.9 Å². The number of H-pyrrole nitrogens is 1. The highest BCUT2D eigenvalue weighted by Gasteiger charge is 2.16. The molecule has 0 fully saturated rings. The zero-order chi connectivity index (χ0) is 11.0. The van der Waals surface area contributed by atoms with Crippen molar-refractivity contribution in [3.05, 3.63) is 29.0 Å². The van der Waals surface area contributed by atoms with Gasteiger partial charge < -0.3 is 15.8 Å².